The van der Waals surface area contributed by atoms with Crippen molar-refractivity contribution >= 4 is 5.95 Å². The first-order chi connectivity index (χ1) is 15.6. The molecule has 0 saturated carbocycles. The van der Waals surface area contributed by atoms with Crippen molar-refractivity contribution in [2.75, 3.05) is 19.1 Å². The van der Waals surface area contributed by atoms with E-state index in [2.05, 4.69) is 68.0 Å². The van der Waals surface area contributed by atoms with Crippen LogP contribution in [0.2, 0.25) is 0 Å². The van der Waals surface area contributed by atoms with Crippen molar-refractivity contribution in [2.45, 2.75) is 57.7 Å². The number of nitrogens with one attached hydrogen (secondary N) is 1. The maximum absolute atomic E-state index is 10.6. The third kappa shape index (κ3) is 5.00. The number of nitrogens with zero attached hydrogens (tertiary/aromatic N) is 7. The Balaban J connectivity index is 1.54. The number of rotatable bonds is 5. The zero-order valence-corrected chi connectivity index (χ0v) is 19.9. The molecule has 1 aromatic carbocycles. The number of phenols is 1. The van der Waals surface area contributed by atoms with E-state index in [-0.39, 0.29) is 28.9 Å². The number of hydrogen-bond donors (Lipinski definition) is 2. The van der Waals surface area contributed by atoms with Crippen molar-refractivity contribution in [2.24, 2.45) is 0 Å². The summed E-state index contributed by atoms with van der Waals surface area (Å²) >= 11 is 0. The molecule has 0 aliphatic carbocycles. The molecule has 0 amide bonds. The van der Waals surface area contributed by atoms with Crippen LogP contribution in [0.4, 0.5) is 5.95 Å². The molecule has 174 valence electrons. The van der Waals surface area contributed by atoms with E-state index >= 15 is 0 Å². The minimum Gasteiger partial charge on any atom is -0.507 e. The van der Waals surface area contributed by atoms with Gasteiger partial charge < -0.3 is 20.1 Å². The topological polar surface area (TPSA) is 122 Å². The number of phenolic OH excluding ortho intramolecular Hbond substituents is 1. The average molecular weight is 451 g/mol. The third-order valence-corrected chi connectivity index (χ3v) is 5.85. The minimum absolute atomic E-state index is 0.0180. The number of anilines is 1. The summed E-state index contributed by atoms with van der Waals surface area (Å²) < 4.78 is 5.04. The van der Waals surface area contributed by atoms with Crippen molar-refractivity contribution in [3.05, 3.63) is 30.7 Å². The fourth-order valence-corrected chi connectivity index (χ4v) is 4.67. The van der Waals surface area contributed by atoms with Gasteiger partial charge in [0.05, 0.1) is 13.3 Å². The molecular formula is C23H30N8O2. The van der Waals surface area contributed by atoms with Crippen LogP contribution in [0.5, 0.6) is 11.8 Å². The first kappa shape index (κ1) is 22.8. The molecule has 0 spiro atoms. The number of ether oxygens (including phenoxy) is 1. The van der Waals surface area contributed by atoms with Gasteiger partial charge in [0.15, 0.2) is 5.82 Å². The second kappa shape index (κ2) is 8.51. The van der Waals surface area contributed by atoms with Crippen molar-refractivity contribution in [3.8, 4) is 34.4 Å². The van der Waals surface area contributed by atoms with Gasteiger partial charge in [-0.15, -0.1) is 10.2 Å². The summed E-state index contributed by atoms with van der Waals surface area (Å²) in [5, 5.41) is 23.0. The molecule has 10 nitrogen and oxygen atoms in total. The van der Waals surface area contributed by atoms with Gasteiger partial charge in [0.25, 0.3) is 0 Å². The van der Waals surface area contributed by atoms with Crippen LogP contribution < -0.4 is 15.0 Å². The zero-order valence-electron chi connectivity index (χ0n) is 19.9. The molecule has 1 saturated heterocycles. The van der Waals surface area contributed by atoms with E-state index in [1.165, 1.54) is 13.4 Å². The Kier molecular flexibility index (Phi) is 5.87. The van der Waals surface area contributed by atoms with Gasteiger partial charge in [-0.1, -0.05) is 6.07 Å². The highest BCUT2D eigenvalue weighted by Gasteiger charge is 2.39. The van der Waals surface area contributed by atoms with Crippen molar-refractivity contribution in [3.63, 3.8) is 0 Å². The Morgan fingerprint density at radius 1 is 1.06 bits per heavy atom. The first-order valence-electron chi connectivity index (χ1n) is 10.9. The van der Waals surface area contributed by atoms with Gasteiger partial charge in [-0.05, 0) is 52.7 Å². The van der Waals surface area contributed by atoms with Crippen LogP contribution in [0.1, 0.15) is 40.5 Å². The maximum Gasteiger partial charge on any atom is 0.319 e. The number of aromatic nitrogens is 6. The van der Waals surface area contributed by atoms with Gasteiger partial charge in [-0.2, -0.15) is 9.97 Å². The van der Waals surface area contributed by atoms with Crippen LogP contribution in [-0.2, 0) is 0 Å². The largest absolute Gasteiger partial charge is 0.507 e. The van der Waals surface area contributed by atoms with Crippen LogP contribution in [0.3, 0.4) is 0 Å². The molecule has 0 bridgehead atoms. The summed E-state index contributed by atoms with van der Waals surface area (Å²) in [5.41, 5.74) is 1.67. The predicted octanol–water partition coefficient (Wildman–Crippen LogP) is 2.85. The van der Waals surface area contributed by atoms with Gasteiger partial charge >= 0.3 is 6.01 Å². The number of methoxy groups -OCH3 is 1. The highest BCUT2D eigenvalue weighted by atomic mass is 16.5. The standard InChI is InChI=1S/C23H30N8O2/c1-22(2)10-15(11-23(3,4)30-22)31(5)20-24-12-17(28-29-20)16-8-7-14(9-18(16)32)19-25-13-26-21(27-19)33-6/h7-9,12-13,15,30,32H,10-11H2,1-6H3. The van der Waals surface area contributed by atoms with Gasteiger partial charge in [0, 0.05) is 35.3 Å². The summed E-state index contributed by atoms with van der Waals surface area (Å²) in [5.74, 6) is 0.995. The van der Waals surface area contributed by atoms with Gasteiger partial charge in [0.1, 0.15) is 17.8 Å². The Labute approximate surface area is 193 Å². The minimum atomic E-state index is 0.0180. The van der Waals surface area contributed by atoms with E-state index in [0.29, 0.717) is 28.6 Å². The Morgan fingerprint density at radius 3 is 2.39 bits per heavy atom. The first-order valence-corrected chi connectivity index (χ1v) is 10.9. The molecule has 0 radical (unpaired) electrons. The maximum atomic E-state index is 10.6. The van der Waals surface area contributed by atoms with E-state index in [4.69, 9.17) is 4.74 Å². The molecule has 33 heavy (non-hydrogen) atoms. The van der Waals surface area contributed by atoms with Crippen molar-refractivity contribution in [1.29, 1.82) is 0 Å². The van der Waals surface area contributed by atoms with E-state index in [1.807, 2.05) is 7.05 Å². The monoisotopic (exact) mass is 450 g/mol. The summed E-state index contributed by atoms with van der Waals surface area (Å²) in [7, 11) is 3.49. The summed E-state index contributed by atoms with van der Waals surface area (Å²) in [4.78, 5) is 18.9. The second-order valence-corrected chi connectivity index (χ2v) is 9.74. The highest BCUT2D eigenvalue weighted by Crippen LogP contribution is 2.33. The number of hydrogen-bond acceptors (Lipinski definition) is 10. The predicted molar refractivity (Wildman–Crippen MR) is 125 cm³/mol. The number of benzene rings is 1. The van der Waals surface area contributed by atoms with Gasteiger partial charge in [-0.25, -0.2) is 9.97 Å². The second-order valence-electron chi connectivity index (χ2n) is 9.74. The lowest BCUT2D eigenvalue weighted by Gasteiger charge is -2.48. The molecule has 1 aliphatic heterocycles. The fraction of sp³-hybridized carbons (Fsp3) is 0.478. The summed E-state index contributed by atoms with van der Waals surface area (Å²) in [6.07, 6.45) is 4.95. The Morgan fingerprint density at radius 2 is 1.79 bits per heavy atom. The van der Waals surface area contributed by atoms with E-state index in [9.17, 15) is 5.11 Å². The van der Waals surface area contributed by atoms with Crippen LogP contribution >= 0.6 is 0 Å². The van der Waals surface area contributed by atoms with Crippen molar-refractivity contribution < 1.29 is 9.84 Å². The molecule has 2 aromatic heterocycles. The lowest BCUT2D eigenvalue weighted by atomic mass is 9.79. The quantitative estimate of drug-likeness (QED) is 0.600. The molecule has 4 rings (SSSR count). The summed E-state index contributed by atoms with van der Waals surface area (Å²) in [6.45, 7) is 8.87. The van der Waals surface area contributed by atoms with Crippen LogP contribution in [0.25, 0.3) is 22.6 Å². The smallest absolute Gasteiger partial charge is 0.319 e. The number of piperidine rings is 1. The molecule has 3 aromatic rings. The van der Waals surface area contributed by atoms with E-state index in [0.717, 1.165) is 12.8 Å². The fourth-order valence-electron chi connectivity index (χ4n) is 4.67. The van der Waals surface area contributed by atoms with Gasteiger partial charge in [-0.3, -0.25) is 0 Å². The lowest BCUT2D eigenvalue weighted by molar-refractivity contribution is 0.160. The SMILES string of the molecule is COc1ncnc(-c2ccc(-c3cnc(N(C)C4CC(C)(C)NC(C)(C)C4)nn3)c(O)c2)n1. The normalized spacial score (nSPS) is 17.5. The summed E-state index contributed by atoms with van der Waals surface area (Å²) in [6, 6.07) is 5.61. The molecule has 3 heterocycles. The zero-order chi connectivity index (χ0) is 23.8. The Hall–Kier alpha value is -3.40. The van der Waals surface area contributed by atoms with Crippen LogP contribution in [-0.4, -0.2) is 66.5 Å². The highest BCUT2D eigenvalue weighted by molar-refractivity contribution is 5.71. The van der Waals surface area contributed by atoms with Gasteiger partial charge in [0.2, 0.25) is 5.95 Å². The Bertz CT molecular complexity index is 1120. The number of aromatic hydroxyl groups is 1. The molecular weight excluding hydrogens is 420 g/mol. The molecule has 0 atom stereocenters. The molecule has 1 aliphatic rings. The molecule has 0 unspecified atom stereocenters. The molecule has 10 heteroatoms. The molecule has 1 fully saturated rings. The lowest BCUT2D eigenvalue weighted by Crippen LogP contribution is -2.62. The van der Waals surface area contributed by atoms with Crippen LogP contribution in [0, 0.1) is 0 Å². The van der Waals surface area contributed by atoms with Crippen LogP contribution in [0.15, 0.2) is 30.7 Å². The third-order valence-electron chi connectivity index (χ3n) is 5.85. The van der Waals surface area contributed by atoms with E-state index < -0.39 is 0 Å². The van der Waals surface area contributed by atoms with E-state index in [1.54, 1.807) is 24.4 Å². The average Bonchev–Trinajstić information content (AvgIpc) is 2.76. The van der Waals surface area contributed by atoms with Crippen molar-refractivity contribution in [1.82, 2.24) is 35.5 Å². The molecule has 2 N–H and O–H groups in total.